The molecule has 0 aliphatic heterocycles. The van der Waals surface area contributed by atoms with Gasteiger partial charge in [-0.2, -0.15) is 0 Å². The molecule has 2 rings (SSSR count). The van der Waals surface area contributed by atoms with Crippen molar-refractivity contribution in [2.24, 2.45) is 5.73 Å². The molecule has 0 bridgehead atoms. The van der Waals surface area contributed by atoms with Crippen LogP contribution in [-0.2, 0) is 4.79 Å². The number of thiophene rings is 1. The van der Waals surface area contributed by atoms with E-state index < -0.39 is 6.04 Å². The number of carbonyl (C=O) groups is 1. The van der Waals surface area contributed by atoms with Crippen molar-refractivity contribution in [1.82, 2.24) is 0 Å². The minimum atomic E-state index is -0.692. The van der Waals surface area contributed by atoms with Crippen LogP contribution in [0.15, 0.2) is 35.7 Å². The molecule has 94 valence electrons. The molecule has 0 saturated carbocycles. The molecule has 0 aliphatic carbocycles. The molecular weight excluding hydrogens is 291 g/mol. The molecule has 18 heavy (non-hydrogen) atoms. The lowest BCUT2D eigenvalue weighted by Crippen LogP contribution is -2.26. The Morgan fingerprint density at radius 2 is 1.94 bits per heavy atom. The molecule has 2 aromatic rings. The molecular formula is C12H10Cl2N2OS. The average molecular weight is 301 g/mol. The molecule has 0 fully saturated rings. The van der Waals surface area contributed by atoms with Gasteiger partial charge in [-0.05, 0) is 29.6 Å². The minimum absolute atomic E-state index is 0.296. The van der Waals surface area contributed by atoms with E-state index in [2.05, 4.69) is 5.32 Å². The van der Waals surface area contributed by atoms with Crippen LogP contribution in [0.2, 0.25) is 10.0 Å². The third-order valence-corrected chi connectivity index (χ3v) is 3.65. The summed E-state index contributed by atoms with van der Waals surface area (Å²) in [5, 5.41) is 5.48. The highest BCUT2D eigenvalue weighted by Gasteiger charge is 2.16. The fraction of sp³-hybridized carbons (Fsp3) is 0.0833. The number of carbonyl (C=O) groups excluding carboxylic acids is 1. The summed E-state index contributed by atoms with van der Waals surface area (Å²) >= 11 is 13.1. The third-order valence-electron chi connectivity index (χ3n) is 2.26. The highest BCUT2D eigenvalue weighted by Crippen LogP contribution is 2.24. The Morgan fingerprint density at radius 3 is 2.50 bits per heavy atom. The summed E-state index contributed by atoms with van der Waals surface area (Å²) in [5.41, 5.74) is 6.37. The Morgan fingerprint density at radius 1 is 1.28 bits per heavy atom. The van der Waals surface area contributed by atoms with Gasteiger partial charge in [0.1, 0.15) is 6.04 Å². The van der Waals surface area contributed by atoms with Crippen molar-refractivity contribution in [2.45, 2.75) is 6.04 Å². The lowest BCUT2D eigenvalue weighted by atomic mass is 10.2. The van der Waals surface area contributed by atoms with Gasteiger partial charge >= 0.3 is 0 Å². The van der Waals surface area contributed by atoms with Crippen molar-refractivity contribution in [3.05, 3.63) is 50.6 Å². The quantitative estimate of drug-likeness (QED) is 0.908. The fourth-order valence-corrected chi connectivity index (χ4v) is 2.69. The maximum Gasteiger partial charge on any atom is 0.246 e. The van der Waals surface area contributed by atoms with Gasteiger partial charge < -0.3 is 11.1 Å². The number of hydrogen-bond donors (Lipinski definition) is 2. The van der Waals surface area contributed by atoms with Crippen LogP contribution >= 0.6 is 34.5 Å². The van der Waals surface area contributed by atoms with Crippen LogP contribution in [0.4, 0.5) is 5.69 Å². The van der Waals surface area contributed by atoms with Crippen LogP contribution in [0.3, 0.4) is 0 Å². The van der Waals surface area contributed by atoms with E-state index in [0.29, 0.717) is 15.7 Å². The first-order valence-electron chi connectivity index (χ1n) is 5.12. The van der Waals surface area contributed by atoms with Crippen LogP contribution in [0.5, 0.6) is 0 Å². The second kappa shape index (κ2) is 5.71. The van der Waals surface area contributed by atoms with Crippen molar-refractivity contribution in [1.29, 1.82) is 0 Å². The average Bonchev–Trinajstić information content (AvgIpc) is 2.79. The Labute approximate surface area is 119 Å². The Kier molecular flexibility index (Phi) is 4.24. The van der Waals surface area contributed by atoms with Gasteiger partial charge in [0.15, 0.2) is 0 Å². The molecule has 6 heteroatoms. The predicted octanol–water partition coefficient (Wildman–Crippen LogP) is 3.69. The normalized spacial score (nSPS) is 12.2. The van der Waals surface area contributed by atoms with Gasteiger partial charge in [0.2, 0.25) is 5.91 Å². The van der Waals surface area contributed by atoms with Gasteiger partial charge in [-0.1, -0.05) is 29.3 Å². The van der Waals surface area contributed by atoms with Crippen LogP contribution in [0.1, 0.15) is 10.9 Å². The van der Waals surface area contributed by atoms with E-state index in [1.807, 2.05) is 17.5 Å². The summed E-state index contributed by atoms with van der Waals surface area (Å²) in [7, 11) is 0. The van der Waals surface area contributed by atoms with Crippen molar-refractivity contribution in [3.63, 3.8) is 0 Å². The third kappa shape index (κ3) is 3.23. The molecule has 0 saturated heterocycles. The topological polar surface area (TPSA) is 55.1 Å². The van der Waals surface area contributed by atoms with Crippen LogP contribution in [0.25, 0.3) is 0 Å². The molecule has 1 unspecified atom stereocenters. The number of halogens is 2. The van der Waals surface area contributed by atoms with E-state index in [0.717, 1.165) is 4.88 Å². The predicted molar refractivity (Wildman–Crippen MR) is 76.3 cm³/mol. The van der Waals surface area contributed by atoms with Crippen molar-refractivity contribution in [2.75, 3.05) is 5.32 Å². The van der Waals surface area contributed by atoms with Gasteiger partial charge in [0, 0.05) is 20.6 Å². The van der Waals surface area contributed by atoms with Crippen molar-refractivity contribution >= 4 is 46.1 Å². The maximum atomic E-state index is 11.9. The van der Waals surface area contributed by atoms with Crippen LogP contribution in [0, 0.1) is 0 Å². The molecule has 1 heterocycles. The van der Waals surface area contributed by atoms with Gasteiger partial charge in [-0.25, -0.2) is 0 Å². The molecule has 1 amide bonds. The van der Waals surface area contributed by atoms with E-state index >= 15 is 0 Å². The summed E-state index contributed by atoms with van der Waals surface area (Å²) in [6.07, 6.45) is 0. The van der Waals surface area contributed by atoms with Crippen molar-refractivity contribution < 1.29 is 4.79 Å². The zero-order valence-corrected chi connectivity index (χ0v) is 11.5. The number of nitrogens with one attached hydrogen (secondary N) is 1. The number of nitrogens with two attached hydrogens (primary N) is 1. The lowest BCUT2D eigenvalue weighted by molar-refractivity contribution is -0.117. The summed E-state index contributed by atoms with van der Waals surface area (Å²) in [5.74, 6) is -0.296. The molecule has 0 radical (unpaired) electrons. The van der Waals surface area contributed by atoms with Gasteiger partial charge in [0.25, 0.3) is 0 Å². The first kappa shape index (κ1) is 13.4. The summed E-state index contributed by atoms with van der Waals surface area (Å²) in [6.45, 7) is 0. The summed E-state index contributed by atoms with van der Waals surface area (Å²) < 4.78 is 0. The van der Waals surface area contributed by atoms with Crippen LogP contribution in [-0.4, -0.2) is 5.91 Å². The van der Waals surface area contributed by atoms with E-state index in [1.165, 1.54) is 11.3 Å². The van der Waals surface area contributed by atoms with E-state index in [4.69, 9.17) is 28.9 Å². The number of hydrogen-bond acceptors (Lipinski definition) is 3. The monoisotopic (exact) mass is 300 g/mol. The lowest BCUT2D eigenvalue weighted by Gasteiger charge is -2.11. The number of rotatable bonds is 3. The minimum Gasteiger partial charge on any atom is -0.324 e. The number of anilines is 1. The van der Waals surface area contributed by atoms with Gasteiger partial charge in [-0.3, -0.25) is 4.79 Å². The molecule has 1 aromatic carbocycles. The van der Waals surface area contributed by atoms with E-state index in [9.17, 15) is 4.79 Å². The molecule has 3 nitrogen and oxygen atoms in total. The van der Waals surface area contributed by atoms with E-state index in [-0.39, 0.29) is 5.91 Å². The SMILES string of the molecule is NC(C(=O)Nc1cc(Cl)cc(Cl)c1)c1cccs1. The number of amides is 1. The second-order valence-corrected chi connectivity index (χ2v) is 5.49. The second-order valence-electron chi connectivity index (χ2n) is 3.64. The number of benzene rings is 1. The fourth-order valence-electron chi connectivity index (χ4n) is 1.44. The van der Waals surface area contributed by atoms with Crippen molar-refractivity contribution in [3.8, 4) is 0 Å². The zero-order chi connectivity index (χ0) is 13.1. The Bertz CT molecular complexity index is 537. The van der Waals surface area contributed by atoms with Gasteiger partial charge in [0.05, 0.1) is 0 Å². The molecule has 1 atom stereocenters. The maximum absolute atomic E-state index is 11.9. The molecule has 3 N–H and O–H groups in total. The van der Waals surface area contributed by atoms with Gasteiger partial charge in [-0.15, -0.1) is 11.3 Å². The standard InChI is InChI=1S/C12H10Cl2N2OS/c13-7-4-8(14)6-9(5-7)16-12(17)11(15)10-2-1-3-18-10/h1-6,11H,15H2,(H,16,17). The smallest absolute Gasteiger partial charge is 0.246 e. The molecule has 1 aromatic heterocycles. The molecule has 0 spiro atoms. The Balaban J connectivity index is 2.11. The molecule has 0 aliphatic rings. The first-order valence-corrected chi connectivity index (χ1v) is 6.76. The zero-order valence-electron chi connectivity index (χ0n) is 9.19. The van der Waals surface area contributed by atoms with E-state index in [1.54, 1.807) is 18.2 Å². The Hall–Kier alpha value is -1.07. The summed E-state index contributed by atoms with van der Waals surface area (Å²) in [6, 6.07) is 7.81. The van der Waals surface area contributed by atoms with Crippen LogP contribution < -0.4 is 11.1 Å². The highest BCUT2D eigenvalue weighted by molar-refractivity contribution is 7.10. The largest absolute Gasteiger partial charge is 0.324 e. The summed E-state index contributed by atoms with van der Waals surface area (Å²) in [4.78, 5) is 12.7. The highest BCUT2D eigenvalue weighted by atomic mass is 35.5. The first-order chi connectivity index (χ1) is 8.56.